The van der Waals surface area contributed by atoms with Crippen LogP contribution in [0.1, 0.15) is 0 Å². The largest absolute Gasteiger partial charge is 0.523 e. The lowest BCUT2D eigenvalue weighted by molar-refractivity contribution is -0.466. The smallest absolute Gasteiger partial charge is 0.395 e. The van der Waals surface area contributed by atoms with Crippen LogP contribution < -0.4 is 4.74 Å². The van der Waals surface area contributed by atoms with Crippen molar-refractivity contribution in [3.05, 3.63) is 30.3 Å². The van der Waals surface area contributed by atoms with Gasteiger partial charge in [0.25, 0.3) is 0 Å². The minimum Gasteiger partial charge on any atom is -0.395 e. The Bertz CT molecular complexity index is 328. The zero-order valence-electron chi connectivity index (χ0n) is 8.14. The van der Waals surface area contributed by atoms with Crippen LogP contribution in [0.15, 0.2) is 30.3 Å². The highest BCUT2D eigenvalue weighted by atomic mass is 16.7. The Morgan fingerprint density at radius 3 is 2.50 bits per heavy atom. The van der Waals surface area contributed by atoms with Gasteiger partial charge in [-0.25, -0.2) is 9.37 Å². The second-order valence-electron chi connectivity index (χ2n) is 2.85. The molecule has 4 heteroatoms. The lowest BCUT2D eigenvalue weighted by Crippen LogP contribution is -2.13. The summed E-state index contributed by atoms with van der Waals surface area (Å²) in [7, 11) is 3.49. The zero-order valence-corrected chi connectivity index (χ0v) is 8.14. The Hall–Kier alpha value is -1.84. The van der Waals surface area contributed by atoms with Crippen LogP contribution in [0.4, 0.5) is 4.79 Å². The number of nitrogens with zero attached hydrogens (tertiary/aromatic N) is 1. The fraction of sp³-hybridized carbons (Fsp3) is 0.200. The van der Waals surface area contributed by atoms with Gasteiger partial charge in [-0.05, 0) is 12.1 Å². The monoisotopic (exact) mass is 194 g/mol. The molecule has 0 fully saturated rings. The predicted molar refractivity (Wildman–Crippen MR) is 51.7 cm³/mol. The Balaban J connectivity index is 2.46. The first-order chi connectivity index (χ1) is 6.68. The zero-order chi connectivity index (χ0) is 10.4. The van der Waals surface area contributed by atoms with Gasteiger partial charge in [-0.3, -0.25) is 0 Å². The summed E-state index contributed by atoms with van der Waals surface area (Å²) in [5.41, 5.74) is 0. The van der Waals surface area contributed by atoms with Crippen molar-refractivity contribution in [3.63, 3.8) is 0 Å². The number of rotatable bonds is 2. The molecule has 0 N–H and O–H groups in total. The van der Waals surface area contributed by atoms with Gasteiger partial charge in [0.2, 0.25) is 0 Å². The van der Waals surface area contributed by atoms with Crippen LogP contribution in [0.3, 0.4) is 0 Å². The molecule has 0 spiro atoms. The third-order valence-corrected chi connectivity index (χ3v) is 1.30. The third kappa shape index (κ3) is 3.71. The van der Waals surface area contributed by atoms with Gasteiger partial charge in [0.05, 0.1) is 0 Å². The van der Waals surface area contributed by atoms with E-state index in [0.29, 0.717) is 5.75 Å². The summed E-state index contributed by atoms with van der Waals surface area (Å²) in [6.45, 7) is 0. The van der Waals surface area contributed by atoms with Gasteiger partial charge in [-0.15, -0.1) is 0 Å². The molecule has 0 aliphatic heterocycles. The van der Waals surface area contributed by atoms with Crippen molar-refractivity contribution in [1.82, 2.24) is 0 Å². The average Bonchev–Trinajstić information content (AvgIpc) is 2.16. The number of hydrogen-bond donors (Lipinski definition) is 0. The van der Waals surface area contributed by atoms with Crippen molar-refractivity contribution in [3.8, 4) is 5.75 Å². The Morgan fingerprint density at radius 2 is 1.93 bits per heavy atom. The molecule has 1 aromatic rings. The Morgan fingerprint density at radius 1 is 1.29 bits per heavy atom. The third-order valence-electron chi connectivity index (χ3n) is 1.30. The molecule has 14 heavy (non-hydrogen) atoms. The molecule has 0 aliphatic carbocycles. The maximum Gasteiger partial charge on any atom is 0.523 e. The van der Waals surface area contributed by atoms with Crippen molar-refractivity contribution in [2.24, 2.45) is 0 Å². The fourth-order valence-corrected chi connectivity index (χ4v) is 0.757. The fourth-order valence-electron chi connectivity index (χ4n) is 0.757. The highest BCUT2D eigenvalue weighted by molar-refractivity contribution is 5.71. The molecule has 0 saturated carbocycles. The highest BCUT2D eigenvalue weighted by Crippen LogP contribution is 2.08. The molecule has 1 aromatic carbocycles. The van der Waals surface area contributed by atoms with Crippen molar-refractivity contribution in [2.75, 3.05) is 14.1 Å². The minimum absolute atomic E-state index is 0.463. The van der Waals surface area contributed by atoms with E-state index in [1.165, 1.54) is 6.40 Å². The van der Waals surface area contributed by atoms with Crippen molar-refractivity contribution in [2.45, 2.75) is 0 Å². The summed E-state index contributed by atoms with van der Waals surface area (Å²) in [5.74, 6) is 0.463. The molecule has 0 amide bonds. The van der Waals surface area contributed by atoms with E-state index < -0.39 is 6.16 Å². The first kappa shape index (κ1) is 10.2. The predicted octanol–water partition coefficient (Wildman–Crippen LogP) is 1.50. The van der Waals surface area contributed by atoms with Crippen molar-refractivity contribution in [1.29, 1.82) is 0 Å². The highest BCUT2D eigenvalue weighted by Gasteiger charge is 2.04. The molecule has 1 rings (SSSR count). The number of ether oxygens (including phenoxy) is 2. The number of carbonyl (C=O) groups excluding carboxylic acids is 1. The van der Waals surface area contributed by atoms with E-state index in [-0.39, 0.29) is 0 Å². The van der Waals surface area contributed by atoms with Crippen LogP contribution in [0, 0.1) is 0 Å². The van der Waals surface area contributed by atoms with Crippen LogP contribution in [0.2, 0.25) is 0 Å². The molecule has 74 valence electrons. The van der Waals surface area contributed by atoms with Gasteiger partial charge in [0.1, 0.15) is 19.8 Å². The number of hydrogen-bond acceptors (Lipinski definition) is 3. The Labute approximate surface area is 82.4 Å². The summed E-state index contributed by atoms with van der Waals surface area (Å²) < 4.78 is 11.1. The molecule has 0 heterocycles. The SMILES string of the molecule is C[N+](C)=COC(=O)Oc1ccccc1. The van der Waals surface area contributed by atoms with Gasteiger partial charge < -0.3 is 9.47 Å². The lowest BCUT2D eigenvalue weighted by atomic mass is 10.3. The topological polar surface area (TPSA) is 38.5 Å². The summed E-state index contributed by atoms with van der Waals surface area (Å²) in [6, 6.07) is 8.74. The lowest BCUT2D eigenvalue weighted by Gasteiger charge is -1.99. The molecule has 0 bridgehead atoms. The minimum atomic E-state index is -0.745. The molecule has 4 nitrogen and oxygen atoms in total. The molecule has 0 unspecified atom stereocenters. The first-order valence-corrected chi connectivity index (χ1v) is 4.12. The molecule has 0 atom stereocenters. The second-order valence-corrected chi connectivity index (χ2v) is 2.85. The number of carbonyl (C=O) groups is 1. The summed E-state index contributed by atoms with van der Waals surface area (Å²) in [6.07, 6.45) is 0.524. The molecular formula is C10H12NO3+. The van der Waals surface area contributed by atoms with Gasteiger partial charge in [-0.1, -0.05) is 18.2 Å². The van der Waals surface area contributed by atoms with Crippen LogP contribution in [-0.4, -0.2) is 31.2 Å². The van der Waals surface area contributed by atoms with E-state index >= 15 is 0 Å². The molecule has 0 aromatic heterocycles. The van der Waals surface area contributed by atoms with Crippen molar-refractivity contribution < 1.29 is 18.8 Å². The quantitative estimate of drug-likeness (QED) is 0.235. The van der Waals surface area contributed by atoms with Crippen LogP contribution in [0.25, 0.3) is 0 Å². The van der Waals surface area contributed by atoms with E-state index in [4.69, 9.17) is 4.74 Å². The summed E-state index contributed by atoms with van der Waals surface area (Å²) >= 11 is 0. The maximum absolute atomic E-state index is 11.0. The van der Waals surface area contributed by atoms with E-state index in [1.54, 1.807) is 42.9 Å². The molecule has 0 radical (unpaired) electrons. The van der Waals surface area contributed by atoms with Crippen LogP contribution >= 0.6 is 0 Å². The van der Waals surface area contributed by atoms with E-state index in [9.17, 15) is 4.79 Å². The molecular weight excluding hydrogens is 182 g/mol. The van der Waals surface area contributed by atoms with Gasteiger partial charge in [0, 0.05) is 0 Å². The van der Waals surface area contributed by atoms with Gasteiger partial charge in [-0.2, -0.15) is 0 Å². The van der Waals surface area contributed by atoms with Crippen molar-refractivity contribution >= 4 is 12.6 Å². The molecule has 0 saturated heterocycles. The number of para-hydroxylation sites is 1. The van der Waals surface area contributed by atoms with E-state index in [2.05, 4.69) is 4.74 Å². The normalized spacial score (nSPS) is 9.00. The standard InChI is InChI=1S/C10H12NO3/c1-11(2)8-13-10(12)14-9-6-4-3-5-7-9/h3-8H,1-2H3/q+1. The van der Waals surface area contributed by atoms with Crippen LogP contribution in [-0.2, 0) is 4.74 Å². The number of benzene rings is 1. The molecule has 0 aliphatic rings. The average molecular weight is 194 g/mol. The first-order valence-electron chi connectivity index (χ1n) is 4.12. The van der Waals surface area contributed by atoms with E-state index in [1.807, 2.05) is 6.07 Å². The maximum atomic E-state index is 11.0. The van der Waals surface area contributed by atoms with Crippen LogP contribution in [0.5, 0.6) is 5.75 Å². The summed E-state index contributed by atoms with van der Waals surface area (Å²) in [4.78, 5) is 11.0. The second kappa shape index (κ2) is 5.01. The van der Waals surface area contributed by atoms with Gasteiger partial charge >= 0.3 is 12.6 Å². The Kier molecular flexibility index (Phi) is 3.67. The van der Waals surface area contributed by atoms with E-state index in [0.717, 1.165) is 0 Å². The van der Waals surface area contributed by atoms with Gasteiger partial charge in [0.15, 0.2) is 0 Å². The summed E-state index contributed by atoms with van der Waals surface area (Å²) in [5, 5.41) is 0.